The maximum atomic E-state index is 11.9. The van der Waals surface area contributed by atoms with E-state index in [4.69, 9.17) is 4.74 Å². The summed E-state index contributed by atoms with van der Waals surface area (Å²) in [6, 6.07) is 10.5. The summed E-state index contributed by atoms with van der Waals surface area (Å²) < 4.78 is 6.86. The van der Waals surface area contributed by atoms with Crippen LogP contribution in [-0.2, 0) is 7.05 Å². The Labute approximate surface area is 121 Å². The second-order valence-electron chi connectivity index (χ2n) is 4.37. The predicted octanol–water partition coefficient (Wildman–Crippen LogP) is 1.74. The van der Waals surface area contributed by atoms with E-state index in [0.717, 1.165) is 5.75 Å². The molecule has 0 spiro atoms. The summed E-state index contributed by atoms with van der Waals surface area (Å²) in [6.45, 7) is 0.634. The summed E-state index contributed by atoms with van der Waals surface area (Å²) in [5.41, 5.74) is 0.129. The van der Waals surface area contributed by atoms with Crippen LogP contribution in [0.5, 0.6) is 5.75 Å². The lowest BCUT2D eigenvalue weighted by atomic mass is 10.3. The van der Waals surface area contributed by atoms with Crippen LogP contribution in [0.25, 0.3) is 0 Å². The van der Waals surface area contributed by atoms with Crippen molar-refractivity contribution in [1.29, 1.82) is 0 Å². The van der Waals surface area contributed by atoms with Crippen LogP contribution in [0.2, 0.25) is 0 Å². The standard InChI is InChI=1S/C14H15N3O4/c1-16-10-11(17(19)20)9-13(16)14(18)15-7-8-21-12-5-3-2-4-6-12/h2-6,9-10H,7-8H2,1H3,(H,15,18). The molecule has 0 unspecified atom stereocenters. The summed E-state index contributed by atoms with van der Waals surface area (Å²) in [5.74, 6) is 0.350. The minimum atomic E-state index is -0.532. The number of hydrogen-bond donors (Lipinski definition) is 1. The first-order chi connectivity index (χ1) is 10.1. The van der Waals surface area contributed by atoms with Crippen LogP contribution in [0.4, 0.5) is 5.69 Å². The zero-order valence-corrected chi connectivity index (χ0v) is 11.5. The smallest absolute Gasteiger partial charge is 0.287 e. The van der Waals surface area contributed by atoms with Crippen molar-refractivity contribution in [1.82, 2.24) is 9.88 Å². The molecule has 2 aromatic rings. The Morgan fingerprint density at radius 3 is 2.71 bits per heavy atom. The van der Waals surface area contributed by atoms with E-state index in [1.165, 1.54) is 16.8 Å². The van der Waals surface area contributed by atoms with E-state index >= 15 is 0 Å². The van der Waals surface area contributed by atoms with Gasteiger partial charge in [0, 0.05) is 13.1 Å². The molecule has 1 aromatic carbocycles. The molecule has 1 N–H and O–H groups in total. The number of rotatable bonds is 6. The highest BCUT2D eigenvalue weighted by Crippen LogP contribution is 2.14. The molecule has 0 aliphatic heterocycles. The van der Waals surface area contributed by atoms with Crippen LogP contribution >= 0.6 is 0 Å². The molecule has 0 aliphatic carbocycles. The molecule has 0 fully saturated rings. The lowest BCUT2D eigenvalue weighted by Crippen LogP contribution is -2.29. The average Bonchev–Trinajstić information content (AvgIpc) is 2.87. The average molecular weight is 289 g/mol. The largest absolute Gasteiger partial charge is 0.492 e. The van der Waals surface area contributed by atoms with Gasteiger partial charge in [0.1, 0.15) is 18.1 Å². The van der Waals surface area contributed by atoms with Crippen LogP contribution in [0.15, 0.2) is 42.6 Å². The van der Waals surface area contributed by atoms with E-state index in [9.17, 15) is 14.9 Å². The van der Waals surface area contributed by atoms with E-state index < -0.39 is 4.92 Å². The van der Waals surface area contributed by atoms with Gasteiger partial charge >= 0.3 is 0 Å². The molecule has 1 amide bonds. The fraction of sp³-hybridized carbons (Fsp3) is 0.214. The SMILES string of the molecule is Cn1cc([N+](=O)[O-])cc1C(=O)NCCOc1ccccc1. The third kappa shape index (κ3) is 3.82. The molecule has 0 aliphatic rings. The van der Waals surface area contributed by atoms with Crippen molar-refractivity contribution in [3.8, 4) is 5.75 Å². The lowest BCUT2D eigenvalue weighted by molar-refractivity contribution is -0.384. The van der Waals surface area contributed by atoms with Gasteiger partial charge in [-0.2, -0.15) is 0 Å². The molecule has 0 saturated heterocycles. The predicted molar refractivity (Wildman–Crippen MR) is 76.3 cm³/mol. The number of nitro groups is 1. The number of nitrogens with zero attached hydrogens (tertiary/aromatic N) is 2. The van der Waals surface area contributed by atoms with Crippen molar-refractivity contribution < 1.29 is 14.5 Å². The first kappa shape index (κ1) is 14.6. The first-order valence-corrected chi connectivity index (χ1v) is 6.34. The summed E-state index contributed by atoms with van der Waals surface area (Å²) in [4.78, 5) is 22.0. The molecule has 0 atom stereocenters. The maximum absolute atomic E-state index is 11.9. The van der Waals surface area contributed by atoms with Gasteiger partial charge in [-0.05, 0) is 12.1 Å². The monoisotopic (exact) mass is 289 g/mol. The summed E-state index contributed by atoms with van der Waals surface area (Å²) in [7, 11) is 1.59. The molecule has 21 heavy (non-hydrogen) atoms. The molecule has 2 rings (SSSR count). The molecule has 1 heterocycles. The second-order valence-corrected chi connectivity index (χ2v) is 4.37. The number of aromatic nitrogens is 1. The van der Waals surface area contributed by atoms with Gasteiger partial charge in [0.25, 0.3) is 11.6 Å². The third-order valence-corrected chi connectivity index (χ3v) is 2.83. The van der Waals surface area contributed by atoms with Crippen molar-refractivity contribution in [3.05, 3.63) is 58.4 Å². The van der Waals surface area contributed by atoms with E-state index in [1.807, 2.05) is 30.3 Å². The van der Waals surface area contributed by atoms with Crippen LogP contribution in [0.3, 0.4) is 0 Å². The Kier molecular flexibility index (Phi) is 4.55. The third-order valence-electron chi connectivity index (χ3n) is 2.83. The lowest BCUT2D eigenvalue weighted by Gasteiger charge is -2.07. The van der Waals surface area contributed by atoms with Gasteiger partial charge in [0.15, 0.2) is 0 Å². The van der Waals surface area contributed by atoms with E-state index in [-0.39, 0.29) is 17.3 Å². The maximum Gasteiger partial charge on any atom is 0.287 e. The summed E-state index contributed by atoms with van der Waals surface area (Å²) >= 11 is 0. The molecule has 0 saturated carbocycles. The zero-order chi connectivity index (χ0) is 15.2. The van der Waals surface area contributed by atoms with E-state index in [0.29, 0.717) is 13.2 Å². The fourth-order valence-corrected chi connectivity index (χ4v) is 1.81. The van der Waals surface area contributed by atoms with Crippen LogP contribution in [-0.4, -0.2) is 28.5 Å². The molecule has 7 nitrogen and oxygen atoms in total. The normalized spacial score (nSPS) is 10.1. The number of amides is 1. The number of benzene rings is 1. The van der Waals surface area contributed by atoms with Crippen LogP contribution in [0.1, 0.15) is 10.5 Å². The molecule has 110 valence electrons. The number of para-hydroxylation sites is 1. The molecule has 0 radical (unpaired) electrons. The fourth-order valence-electron chi connectivity index (χ4n) is 1.81. The van der Waals surface area contributed by atoms with Crippen molar-refractivity contribution in [2.45, 2.75) is 0 Å². The van der Waals surface area contributed by atoms with Crippen LogP contribution < -0.4 is 10.1 Å². The Bertz CT molecular complexity index is 637. The number of aryl methyl sites for hydroxylation is 1. The Hall–Kier alpha value is -2.83. The van der Waals surface area contributed by atoms with Crippen molar-refractivity contribution >= 4 is 11.6 Å². The summed E-state index contributed by atoms with van der Waals surface area (Å²) in [5, 5.41) is 13.3. The van der Waals surface area contributed by atoms with E-state index in [2.05, 4.69) is 5.32 Å². The molecular weight excluding hydrogens is 274 g/mol. The molecule has 0 bridgehead atoms. The molecular formula is C14H15N3O4. The van der Waals surface area contributed by atoms with Crippen molar-refractivity contribution in [3.63, 3.8) is 0 Å². The van der Waals surface area contributed by atoms with Crippen molar-refractivity contribution in [2.75, 3.05) is 13.2 Å². The van der Waals surface area contributed by atoms with E-state index in [1.54, 1.807) is 7.05 Å². The Morgan fingerprint density at radius 1 is 1.38 bits per heavy atom. The highest BCUT2D eigenvalue weighted by molar-refractivity contribution is 5.93. The number of nitrogens with one attached hydrogen (secondary N) is 1. The van der Waals surface area contributed by atoms with Gasteiger partial charge in [-0.3, -0.25) is 14.9 Å². The highest BCUT2D eigenvalue weighted by Gasteiger charge is 2.16. The van der Waals surface area contributed by atoms with Gasteiger partial charge < -0.3 is 14.6 Å². The minimum Gasteiger partial charge on any atom is -0.492 e. The summed E-state index contributed by atoms with van der Waals surface area (Å²) in [6.07, 6.45) is 1.30. The Morgan fingerprint density at radius 2 is 2.10 bits per heavy atom. The number of carbonyl (C=O) groups is 1. The van der Waals surface area contributed by atoms with Gasteiger partial charge in [0.05, 0.1) is 17.7 Å². The number of hydrogen-bond acceptors (Lipinski definition) is 4. The number of carbonyl (C=O) groups excluding carboxylic acids is 1. The van der Waals surface area contributed by atoms with Gasteiger partial charge in [-0.15, -0.1) is 0 Å². The molecule has 7 heteroatoms. The highest BCUT2D eigenvalue weighted by atomic mass is 16.6. The van der Waals surface area contributed by atoms with Crippen molar-refractivity contribution in [2.24, 2.45) is 7.05 Å². The first-order valence-electron chi connectivity index (χ1n) is 6.34. The zero-order valence-electron chi connectivity index (χ0n) is 11.5. The molecule has 1 aromatic heterocycles. The minimum absolute atomic E-state index is 0.108. The van der Waals surface area contributed by atoms with Gasteiger partial charge in [-0.25, -0.2) is 0 Å². The van der Waals surface area contributed by atoms with Gasteiger partial charge in [0.2, 0.25) is 0 Å². The quantitative estimate of drug-likeness (QED) is 0.498. The topological polar surface area (TPSA) is 86.4 Å². The Balaban J connectivity index is 1.83. The van der Waals surface area contributed by atoms with Crippen LogP contribution in [0, 0.1) is 10.1 Å². The van der Waals surface area contributed by atoms with Gasteiger partial charge in [-0.1, -0.05) is 18.2 Å². The second kappa shape index (κ2) is 6.56. The number of ether oxygens (including phenoxy) is 1.